The first-order valence-electron chi connectivity index (χ1n) is 9.51. The van der Waals surface area contributed by atoms with Crippen molar-refractivity contribution >= 4 is 0 Å². The van der Waals surface area contributed by atoms with E-state index in [1.807, 2.05) is 6.07 Å². The Bertz CT molecular complexity index is 413. The van der Waals surface area contributed by atoms with Crippen LogP contribution in [-0.2, 0) is 11.3 Å². The van der Waals surface area contributed by atoms with E-state index < -0.39 is 0 Å². The highest BCUT2D eigenvalue weighted by Crippen LogP contribution is 2.07. The molecule has 0 aliphatic heterocycles. The molecule has 128 valence electrons. The van der Waals surface area contributed by atoms with Crippen LogP contribution in [0.3, 0.4) is 0 Å². The number of ether oxygens (including phenoxy) is 1. The van der Waals surface area contributed by atoms with Crippen molar-refractivity contribution in [2.75, 3.05) is 6.61 Å². The van der Waals surface area contributed by atoms with Crippen molar-refractivity contribution in [3.05, 3.63) is 35.9 Å². The zero-order chi connectivity index (χ0) is 16.4. The van der Waals surface area contributed by atoms with E-state index in [4.69, 9.17) is 4.74 Å². The highest BCUT2D eigenvalue weighted by molar-refractivity contribution is 5.13. The fraction of sp³-hybridized carbons (Fsp3) is 0.636. The second kappa shape index (κ2) is 15.6. The normalized spacial score (nSPS) is 10.3. The number of benzene rings is 1. The van der Waals surface area contributed by atoms with E-state index in [9.17, 15) is 0 Å². The third-order valence-corrected chi connectivity index (χ3v) is 3.98. The third-order valence-electron chi connectivity index (χ3n) is 3.98. The molecule has 1 aromatic rings. The minimum absolute atomic E-state index is 0.745. The van der Waals surface area contributed by atoms with E-state index in [-0.39, 0.29) is 0 Å². The SMILES string of the molecule is CCCCCCC#CCCCCCCCOCc1ccccc1. The smallest absolute Gasteiger partial charge is 0.0716 e. The third kappa shape index (κ3) is 12.9. The highest BCUT2D eigenvalue weighted by atomic mass is 16.5. The van der Waals surface area contributed by atoms with Gasteiger partial charge in [-0.2, -0.15) is 0 Å². The number of hydrogen-bond donors (Lipinski definition) is 0. The monoisotopic (exact) mass is 314 g/mol. The van der Waals surface area contributed by atoms with Crippen molar-refractivity contribution in [1.29, 1.82) is 0 Å². The lowest BCUT2D eigenvalue weighted by molar-refractivity contribution is 0.116. The van der Waals surface area contributed by atoms with E-state index in [0.717, 1.165) is 26.1 Å². The predicted molar refractivity (Wildman–Crippen MR) is 100 cm³/mol. The molecule has 0 heterocycles. The van der Waals surface area contributed by atoms with Gasteiger partial charge in [0.1, 0.15) is 0 Å². The molecule has 0 amide bonds. The Morgan fingerprint density at radius 1 is 0.739 bits per heavy atom. The number of unbranched alkanes of at least 4 members (excludes halogenated alkanes) is 9. The van der Waals surface area contributed by atoms with Crippen molar-refractivity contribution in [3.63, 3.8) is 0 Å². The first kappa shape index (κ1) is 19.8. The van der Waals surface area contributed by atoms with Crippen LogP contribution in [0, 0.1) is 11.8 Å². The van der Waals surface area contributed by atoms with Crippen LogP contribution >= 0.6 is 0 Å². The Kier molecular flexibility index (Phi) is 13.4. The average molecular weight is 315 g/mol. The van der Waals surface area contributed by atoms with Gasteiger partial charge in [0, 0.05) is 19.4 Å². The summed E-state index contributed by atoms with van der Waals surface area (Å²) in [7, 11) is 0. The fourth-order valence-corrected chi connectivity index (χ4v) is 2.53. The van der Waals surface area contributed by atoms with Gasteiger partial charge in [-0.05, 0) is 24.8 Å². The van der Waals surface area contributed by atoms with Crippen LogP contribution in [0.25, 0.3) is 0 Å². The molecular weight excluding hydrogens is 280 g/mol. The van der Waals surface area contributed by atoms with Gasteiger partial charge in [-0.25, -0.2) is 0 Å². The lowest BCUT2D eigenvalue weighted by atomic mass is 10.1. The summed E-state index contributed by atoms with van der Waals surface area (Å²) < 4.78 is 5.70. The molecule has 1 aromatic carbocycles. The Balaban J connectivity index is 1.79. The van der Waals surface area contributed by atoms with Crippen LogP contribution in [0.15, 0.2) is 30.3 Å². The Morgan fingerprint density at radius 2 is 1.35 bits per heavy atom. The zero-order valence-corrected chi connectivity index (χ0v) is 15.0. The maximum absolute atomic E-state index is 5.70. The van der Waals surface area contributed by atoms with Crippen LogP contribution < -0.4 is 0 Å². The van der Waals surface area contributed by atoms with Crippen molar-refractivity contribution in [2.24, 2.45) is 0 Å². The minimum Gasteiger partial charge on any atom is -0.377 e. The molecule has 1 nitrogen and oxygen atoms in total. The largest absolute Gasteiger partial charge is 0.377 e. The molecule has 0 spiro atoms. The topological polar surface area (TPSA) is 9.23 Å². The van der Waals surface area contributed by atoms with Gasteiger partial charge < -0.3 is 4.74 Å². The lowest BCUT2D eigenvalue weighted by Crippen LogP contribution is -1.95. The van der Waals surface area contributed by atoms with E-state index in [1.165, 1.54) is 63.4 Å². The van der Waals surface area contributed by atoms with Crippen LogP contribution in [-0.4, -0.2) is 6.61 Å². The minimum atomic E-state index is 0.745. The molecule has 0 aliphatic rings. The molecule has 1 rings (SSSR count). The summed E-state index contributed by atoms with van der Waals surface area (Å²) in [6.45, 7) is 3.88. The van der Waals surface area contributed by atoms with Gasteiger partial charge in [-0.1, -0.05) is 75.8 Å². The van der Waals surface area contributed by atoms with Crippen molar-refractivity contribution < 1.29 is 4.74 Å². The van der Waals surface area contributed by atoms with Gasteiger partial charge >= 0.3 is 0 Å². The molecule has 0 radical (unpaired) electrons. The summed E-state index contributed by atoms with van der Waals surface area (Å²) in [5.74, 6) is 6.63. The number of hydrogen-bond acceptors (Lipinski definition) is 1. The van der Waals surface area contributed by atoms with E-state index >= 15 is 0 Å². The summed E-state index contributed by atoms with van der Waals surface area (Å²) in [6, 6.07) is 10.4. The number of rotatable bonds is 13. The summed E-state index contributed by atoms with van der Waals surface area (Å²) in [4.78, 5) is 0. The van der Waals surface area contributed by atoms with E-state index in [1.54, 1.807) is 0 Å². The standard InChI is InChI=1S/C22H34O/c1-2-3-4-5-6-7-8-9-10-11-12-13-17-20-23-21-22-18-15-14-16-19-22/h14-16,18-19H,2-6,9-13,17,20-21H2,1H3. The highest BCUT2D eigenvalue weighted by Gasteiger charge is 1.93. The summed E-state index contributed by atoms with van der Waals surface area (Å²) in [6.07, 6.45) is 13.8. The lowest BCUT2D eigenvalue weighted by Gasteiger charge is -2.04. The molecule has 0 saturated heterocycles. The molecule has 0 unspecified atom stereocenters. The fourth-order valence-electron chi connectivity index (χ4n) is 2.53. The molecule has 0 aromatic heterocycles. The second-order valence-corrected chi connectivity index (χ2v) is 6.22. The van der Waals surface area contributed by atoms with Crippen molar-refractivity contribution in [1.82, 2.24) is 0 Å². The molecule has 0 atom stereocenters. The van der Waals surface area contributed by atoms with Crippen LogP contribution in [0.1, 0.15) is 83.1 Å². The van der Waals surface area contributed by atoms with Gasteiger partial charge in [0.15, 0.2) is 0 Å². The quantitative estimate of drug-likeness (QED) is 0.297. The molecule has 0 aliphatic carbocycles. The van der Waals surface area contributed by atoms with Gasteiger partial charge in [-0.3, -0.25) is 0 Å². The van der Waals surface area contributed by atoms with Gasteiger partial charge in [0.25, 0.3) is 0 Å². The Hall–Kier alpha value is -1.26. The molecule has 0 bridgehead atoms. The van der Waals surface area contributed by atoms with Crippen molar-refractivity contribution in [3.8, 4) is 11.8 Å². The molecule has 0 N–H and O–H groups in total. The molecule has 0 saturated carbocycles. The molecular formula is C22H34O. The molecule has 0 fully saturated rings. The summed E-state index contributed by atoms with van der Waals surface area (Å²) >= 11 is 0. The average Bonchev–Trinajstić information content (AvgIpc) is 2.59. The van der Waals surface area contributed by atoms with Gasteiger partial charge in [-0.15, -0.1) is 11.8 Å². The zero-order valence-electron chi connectivity index (χ0n) is 15.0. The van der Waals surface area contributed by atoms with Crippen LogP contribution in [0.4, 0.5) is 0 Å². The first-order valence-corrected chi connectivity index (χ1v) is 9.51. The van der Waals surface area contributed by atoms with E-state index in [2.05, 4.69) is 43.0 Å². The predicted octanol–water partition coefficient (Wildman–Crippen LogP) is 6.52. The van der Waals surface area contributed by atoms with Gasteiger partial charge in [0.2, 0.25) is 0 Å². The Labute approximate surface area is 143 Å². The van der Waals surface area contributed by atoms with Crippen LogP contribution in [0.5, 0.6) is 0 Å². The summed E-state index contributed by atoms with van der Waals surface area (Å²) in [5, 5.41) is 0. The maximum atomic E-state index is 5.70. The van der Waals surface area contributed by atoms with Crippen molar-refractivity contribution in [2.45, 2.75) is 84.2 Å². The Morgan fingerprint density at radius 3 is 2.04 bits per heavy atom. The molecule has 23 heavy (non-hydrogen) atoms. The molecule has 1 heteroatoms. The van der Waals surface area contributed by atoms with E-state index in [0.29, 0.717) is 0 Å². The van der Waals surface area contributed by atoms with Crippen LogP contribution in [0.2, 0.25) is 0 Å². The van der Waals surface area contributed by atoms with Gasteiger partial charge in [0.05, 0.1) is 6.61 Å². The maximum Gasteiger partial charge on any atom is 0.0716 e. The summed E-state index contributed by atoms with van der Waals surface area (Å²) in [5.41, 5.74) is 1.26. The first-order chi connectivity index (χ1) is 11.4. The second-order valence-electron chi connectivity index (χ2n) is 6.22.